The van der Waals surface area contributed by atoms with Gasteiger partial charge in [0.1, 0.15) is 5.03 Å². The third kappa shape index (κ3) is 4.50. The van der Waals surface area contributed by atoms with E-state index in [1.165, 1.54) is 22.9 Å². The lowest BCUT2D eigenvalue weighted by Gasteiger charge is -2.34. The Morgan fingerprint density at radius 2 is 1.82 bits per heavy atom. The van der Waals surface area contributed by atoms with Crippen LogP contribution in [-0.4, -0.2) is 65.9 Å². The number of carbonyl (C=O) groups excluding carboxylic acids is 1. The summed E-state index contributed by atoms with van der Waals surface area (Å²) in [6.45, 7) is 2.02. The molecule has 4 rings (SSSR count). The lowest BCUT2D eigenvalue weighted by molar-refractivity contribution is 0.0692. The first kappa shape index (κ1) is 23.3. The maximum Gasteiger partial charge on any atom is 0.258 e. The van der Waals surface area contributed by atoms with E-state index < -0.39 is 21.7 Å². The molecule has 2 aromatic heterocycles. The smallest absolute Gasteiger partial charge is 0.258 e. The fourth-order valence-corrected chi connectivity index (χ4v) is 5.58. The molecule has 1 fully saturated rings. The summed E-state index contributed by atoms with van der Waals surface area (Å²) >= 11 is 1.31. The largest absolute Gasteiger partial charge is 0.461 e. The van der Waals surface area contributed by atoms with Crippen molar-refractivity contribution in [3.05, 3.63) is 59.5 Å². The molecule has 0 saturated carbocycles. The summed E-state index contributed by atoms with van der Waals surface area (Å²) in [6, 6.07) is 5.92. The van der Waals surface area contributed by atoms with E-state index >= 15 is 0 Å². The number of furan rings is 1. The van der Waals surface area contributed by atoms with Crippen molar-refractivity contribution in [1.82, 2.24) is 19.2 Å². The number of aryl methyl sites for hydroxylation is 1. The number of hydrogen-bond acceptors (Lipinski definition) is 7. The van der Waals surface area contributed by atoms with E-state index in [2.05, 4.69) is 9.97 Å². The molecule has 1 saturated heterocycles. The highest BCUT2D eigenvalue weighted by atomic mass is 32.2. The number of piperazine rings is 1. The SMILES string of the molecule is CSc1nc(-c2ccco2)nc(C)c1C(=O)N1CCN(S(=O)(=O)c2ccc(F)c(F)c2)CC1. The molecule has 0 bridgehead atoms. The lowest BCUT2D eigenvalue weighted by atomic mass is 10.2. The molecule has 0 aliphatic carbocycles. The number of halogens is 2. The molecular formula is C21H20F2N4O4S2. The maximum absolute atomic E-state index is 13.5. The van der Waals surface area contributed by atoms with Gasteiger partial charge in [-0.1, -0.05) is 0 Å². The second kappa shape index (κ2) is 9.20. The van der Waals surface area contributed by atoms with Crippen LogP contribution in [0.4, 0.5) is 8.78 Å². The molecule has 174 valence electrons. The average Bonchev–Trinajstić information content (AvgIpc) is 3.35. The number of aromatic nitrogens is 2. The van der Waals surface area contributed by atoms with Gasteiger partial charge in [0.2, 0.25) is 10.0 Å². The highest BCUT2D eigenvalue weighted by molar-refractivity contribution is 7.98. The first-order valence-electron chi connectivity index (χ1n) is 9.93. The third-order valence-corrected chi connectivity index (χ3v) is 7.84. The predicted octanol–water partition coefficient (Wildman–Crippen LogP) is 3.19. The van der Waals surface area contributed by atoms with E-state index in [1.54, 1.807) is 25.3 Å². The molecular weight excluding hydrogens is 474 g/mol. The van der Waals surface area contributed by atoms with Gasteiger partial charge in [0.15, 0.2) is 23.2 Å². The fourth-order valence-electron chi connectivity index (χ4n) is 3.53. The summed E-state index contributed by atoms with van der Waals surface area (Å²) in [5.74, 6) is -1.79. The average molecular weight is 495 g/mol. The highest BCUT2D eigenvalue weighted by Crippen LogP contribution is 2.27. The minimum absolute atomic E-state index is 0.0199. The number of nitrogens with zero attached hydrogens (tertiary/aromatic N) is 4. The van der Waals surface area contributed by atoms with Crippen LogP contribution in [0.25, 0.3) is 11.6 Å². The topological polar surface area (TPSA) is 96.6 Å². The van der Waals surface area contributed by atoms with Crippen molar-refractivity contribution in [2.24, 2.45) is 0 Å². The van der Waals surface area contributed by atoms with Gasteiger partial charge in [-0.15, -0.1) is 11.8 Å². The molecule has 3 heterocycles. The quantitative estimate of drug-likeness (QED) is 0.397. The fraction of sp³-hybridized carbons (Fsp3) is 0.286. The van der Waals surface area contributed by atoms with E-state index in [0.717, 1.165) is 16.4 Å². The van der Waals surface area contributed by atoms with E-state index in [0.29, 0.717) is 33.9 Å². The van der Waals surface area contributed by atoms with Crippen LogP contribution in [0.1, 0.15) is 16.1 Å². The van der Waals surface area contributed by atoms with E-state index in [1.807, 2.05) is 0 Å². The number of benzene rings is 1. The summed E-state index contributed by atoms with van der Waals surface area (Å²) in [5.41, 5.74) is 0.845. The number of amides is 1. The third-order valence-electron chi connectivity index (χ3n) is 5.26. The number of thioether (sulfide) groups is 1. The Balaban J connectivity index is 1.52. The van der Waals surface area contributed by atoms with Crippen molar-refractivity contribution in [1.29, 1.82) is 0 Å². The molecule has 3 aromatic rings. The molecule has 0 unspecified atom stereocenters. The summed E-state index contributed by atoms with van der Waals surface area (Å²) in [7, 11) is -4.02. The Labute approximate surface area is 193 Å². The van der Waals surface area contributed by atoms with Crippen LogP contribution in [0.15, 0.2) is 50.9 Å². The minimum atomic E-state index is -4.02. The Morgan fingerprint density at radius 1 is 1.09 bits per heavy atom. The molecule has 0 N–H and O–H groups in total. The number of rotatable bonds is 5. The van der Waals surface area contributed by atoms with Gasteiger partial charge in [0.05, 0.1) is 22.4 Å². The molecule has 1 amide bonds. The highest BCUT2D eigenvalue weighted by Gasteiger charge is 2.32. The standard InChI is InChI=1S/C21H20F2N4O4S2/c1-13-18(20(32-2)25-19(24-13)17-4-3-11-31-17)21(28)26-7-9-27(10-8-26)33(29,30)14-5-6-15(22)16(23)12-14/h3-6,11-12H,7-10H2,1-2H3. The van der Waals surface area contributed by atoms with E-state index in [4.69, 9.17) is 4.42 Å². The molecule has 1 aromatic carbocycles. The zero-order valence-electron chi connectivity index (χ0n) is 17.8. The second-order valence-corrected chi connectivity index (χ2v) is 10.00. The minimum Gasteiger partial charge on any atom is -0.461 e. The monoisotopic (exact) mass is 494 g/mol. The van der Waals surface area contributed by atoms with Crippen LogP contribution in [-0.2, 0) is 10.0 Å². The van der Waals surface area contributed by atoms with Crippen LogP contribution in [0, 0.1) is 18.6 Å². The van der Waals surface area contributed by atoms with Crippen LogP contribution < -0.4 is 0 Å². The normalized spacial score (nSPS) is 15.1. The summed E-state index contributed by atoms with van der Waals surface area (Å²) in [6.07, 6.45) is 3.32. The molecule has 0 radical (unpaired) electrons. The first-order chi connectivity index (χ1) is 15.7. The summed E-state index contributed by atoms with van der Waals surface area (Å²) in [5, 5.41) is 0.496. The summed E-state index contributed by atoms with van der Waals surface area (Å²) in [4.78, 5) is 23.3. The van der Waals surface area contributed by atoms with Crippen molar-refractivity contribution in [3.8, 4) is 11.6 Å². The number of sulfonamides is 1. The Hall–Kier alpha value is -2.83. The molecule has 0 atom stereocenters. The van der Waals surface area contributed by atoms with Gasteiger partial charge in [-0.2, -0.15) is 4.31 Å². The van der Waals surface area contributed by atoms with Crippen LogP contribution in [0.3, 0.4) is 0 Å². The van der Waals surface area contributed by atoms with Gasteiger partial charge in [0, 0.05) is 26.2 Å². The van der Waals surface area contributed by atoms with Gasteiger partial charge >= 0.3 is 0 Å². The maximum atomic E-state index is 13.5. The Kier molecular flexibility index (Phi) is 6.50. The predicted molar refractivity (Wildman–Crippen MR) is 117 cm³/mol. The zero-order valence-corrected chi connectivity index (χ0v) is 19.4. The van der Waals surface area contributed by atoms with Crippen molar-refractivity contribution in [2.45, 2.75) is 16.8 Å². The Bertz CT molecular complexity index is 1290. The van der Waals surface area contributed by atoms with Crippen LogP contribution in [0.5, 0.6) is 0 Å². The van der Waals surface area contributed by atoms with Crippen LogP contribution in [0.2, 0.25) is 0 Å². The van der Waals surface area contributed by atoms with Gasteiger partial charge < -0.3 is 9.32 Å². The van der Waals surface area contributed by atoms with Gasteiger partial charge in [0.25, 0.3) is 5.91 Å². The number of hydrogen-bond donors (Lipinski definition) is 0. The second-order valence-electron chi connectivity index (χ2n) is 7.27. The molecule has 1 aliphatic heterocycles. The van der Waals surface area contributed by atoms with Gasteiger partial charge in [-0.3, -0.25) is 4.79 Å². The van der Waals surface area contributed by atoms with Crippen molar-refractivity contribution in [2.75, 3.05) is 32.4 Å². The molecule has 33 heavy (non-hydrogen) atoms. The zero-order chi connectivity index (χ0) is 23.8. The van der Waals surface area contributed by atoms with Crippen LogP contribution >= 0.6 is 11.8 Å². The van der Waals surface area contributed by atoms with Crippen molar-refractivity contribution < 1.29 is 26.4 Å². The summed E-state index contributed by atoms with van der Waals surface area (Å²) < 4.78 is 58.8. The van der Waals surface area contributed by atoms with Gasteiger partial charge in [-0.25, -0.2) is 27.2 Å². The lowest BCUT2D eigenvalue weighted by Crippen LogP contribution is -2.50. The Morgan fingerprint density at radius 3 is 2.42 bits per heavy atom. The van der Waals surface area contributed by atoms with Crippen molar-refractivity contribution >= 4 is 27.7 Å². The van der Waals surface area contributed by atoms with E-state index in [-0.39, 0.29) is 37.0 Å². The molecule has 1 aliphatic rings. The molecule has 0 spiro atoms. The molecule has 12 heteroatoms. The first-order valence-corrected chi connectivity index (χ1v) is 12.6. The van der Waals surface area contributed by atoms with Gasteiger partial charge in [-0.05, 0) is 43.5 Å². The molecule has 8 nitrogen and oxygen atoms in total. The van der Waals surface area contributed by atoms with Crippen molar-refractivity contribution in [3.63, 3.8) is 0 Å². The number of carbonyl (C=O) groups is 1. The van der Waals surface area contributed by atoms with E-state index in [9.17, 15) is 22.0 Å².